The van der Waals surface area contributed by atoms with Crippen molar-refractivity contribution in [2.45, 2.75) is 64.0 Å². The Balaban J connectivity index is 2.17. The number of carbonyl (C=O) groups excluding carboxylic acids is 1. The number of ketones is 1. The summed E-state index contributed by atoms with van der Waals surface area (Å²) in [5.41, 5.74) is 0.594. The lowest BCUT2D eigenvalue weighted by molar-refractivity contribution is -0.312. The highest BCUT2D eigenvalue weighted by atomic mass is 16.7. The standard InChI is InChI=1S/C16H26O7/c1-7(2)9-5-4-8(3)11(18)15(9)23-16-14(21)13(20)12(19)10(6-17)22-16/h4,7,9-10,12-17,19-21H,5-6H2,1-3H3/t9-,10?,12?,13?,14?,15-,16?/m1/s1. The molecule has 2 aliphatic rings. The first-order valence-corrected chi connectivity index (χ1v) is 7.94. The van der Waals surface area contributed by atoms with Gasteiger partial charge in [0.05, 0.1) is 6.61 Å². The molecule has 1 aliphatic heterocycles. The van der Waals surface area contributed by atoms with Crippen molar-refractivity contribution in [2.24, 2.45) is 11.8 Å². The third kappa shape index (κ3) is 3.65. The van der Waals surface area contributed by atoms with E-state index in [1.165, 1.54) is 0 Å². The monoisotopic (exact) mass is 330 g/mol. The Morgan fingerprint density at radius 1 is 1.26 bits per heavy atom. The van der Waals surface area contributed by atoms with Gasteiger partial charge in [-0.15, -0.1) is 0 Å². The Morgan fingerprint density at radius 3 is 2.48 bits per heavy atom. The highest BCUT2D eigenvalue weighted by Gasteiger charge is 2.47. The predicted octanol–water partition coefficient (Wildman–Crippen LogP) is -0.637. The molecule has 1 saturated heterocycles. The fraction of sp³-hybridized carbons (Fsp3) is 0.812. The van der Waals surface area contributed by atoms with Crippen LogP contribution in [-0.4, -0.2) is 69.6 Å². The molecule has 0 aromatic heterocycles. The summed E-state index contributed by atoms with van der Waals surface area (Å²) in [4.78, 5) is 12.4. The van der Waals surface area contributed by atoms with Gasteiger partial charge in [0.2, 0.25) is 0 Å². The minimum absolute atomic E-state index is 0.0708. The van der Waals surface area contributed by atoms with E-state index in [0.717, 1.165) is 0 Å². The van der Waals surface area contributed by atoms with E-state index in [2.05, 4.69) is 0 Å². The molecule has 1 aliphatic carbocycles. The van der Waals surface area contributed by atoms with Gasteiger partial charge in [0.15, 0.2) is 12.1 Å². The van der Waals surface area contributed by atoms with Gasteiger partial charge in [-0.3, -0.25) is 4.79 Å². The quantitative estimate of drug-likeness (QED) is 0.542. The van der Waals surface area contributed by atoms with E-state index in [1.807, 2.05) is 19.9 Å². The summed E-state index contributed by atoms with van der Waals surface area (Å²) in [5.74, 6) is -0.0661. The van der Waals surface area contributed by atoms with E-state index in [1.54, 1.807) is 6.92 Å². The molecule has 0 bridgehead atoms. The first-order valence-electron chi connectivity index (χ1n) is 7.94. The Kier molecular flexibility index (Phi) is 5.94. The van der Waals surface area contributed by atoms with Crippen LogP contribution in [0.3, 0.4) is 0 Å². The molecule has 4 N–H and O–H groups in total. The van der Waals surface area contributed by atoms with Gasteiger partial charge in [-0.25, -0.2) is 0 Å². The van der Waals surface area contributed by atoms with E-state index in [-0.39, 0.29) is 17.6 Å². The lowest BCUT2D eigenvalue weighted by Crippen LogP contribution is -2.60. The van der Waals surface area contributed by atoms with Crippen molar-refractivity contribution in [1.29, 1.82) is 0 Å². The molecule has 0 aromatic rings. The van der Waals surface area contributed by atoms with Gasteiger partial charge < -0.3 is 29.9 Å². The van der Waals surface area contributed by atoms with Crippen LogP contribution in [0, 0.1) is 11.8 Å². The summed E-state index contributed by atoms with van der Waals surface area (Å²) >= 11 is 0. The van der Waals surface area contributed by atoms with Gasteiger partial charge in [-0.2, -0.15) is 0 Å². The molecular weight excluding hydrogens is 304 g/mol. The van der Waals surface area contributed by atoms with Gasteiger partial charge in [0.1, 0.15) is 30.5 Å². The molecule has 7 heteroatoms. The van der Waals surface area contributed by atoms with Crippen molar-refractivity contribution < 1.29 is 34.7 Å². The second-order valence-electron chi connectivity index (χ2n) is 6.65. The maximum atomic E-state index is 12.4. The van der Waals surface area contributed by atoms with Gasteiger partial charge in [0, 0.05) is 0 Å². The van der Waals surface area contributed by atoms with Crippen LogP contribution in [0.15, 0.2) is 11.6 Å². The molecule has 0 aromatic carbocycles. The predicted molar refractivity (Wildman–Crippen MR) is 80.3 cm³/mol. The van der Waals surface area contributed by atoms with Crippen LogP contribution in [0.1, 0.15) is 27.2 Å². The van der Waals surface area contributed by atoms with Gasteiger partial charge >= 0.3 is 0 Å². The highest BCUT2D eigenvalue weighted by molar-refractivity contribution is 5.99. The van der Waals surface area contributed by atoms with E-state index < -0.39 is 43.4 Å². The lowest BCUT2D eigenvalue weighted by Gasteiger charge is -2.42. The highest BCUT2D eigenvalue weighted by Crippen LogP contribution is 2.32. The molecular formula is C16H26O7. The SMILES string of the molecule is CC1=CC[C@H](C(C)C)[C@@H](OC2OC(CO)C(O)C(O)C2O)C1=O. The second-order valence-corrected chi connectivity index (χ2v) is 6.65. The summed E-state index contributed by atoms with van der Waals surface area (Å²) in [7, 11) is 0. The summed E-state index contributed by atoms with van der Waals surface area (Å²) < 4.78 is 11.0. The average Bonchev–Trinajstić information content (AvgIpc) is 2.51. The molecule has 1 fully saturated rings. The lowest BCUT2D eigenvalue weighted by atomic mass is 9.79. The smallest absolute Gasteiger partial charge is 0.187 e. The first kappa shape index (κ1) is 18.5. The largest absolute Gasteiger partial charge is 0.394 e. The minimum atomic E-state index is -1.52. The van der Waals surface area contributed by atoms with Crippen LogP contribution in [0.2, 0.25) is 0 Å². The van der Waals surface area contributed by atoms with Crippen molar-refractivity contribution in [3.05, 3.63) is 11.6 Å². The maximum absolute atomic E-state index is 12.4. The zero-order valence-electron chi connectivity index (χ0n) is 13.6. The Labute approximate surface area is 135 Å². The molecule has 0 saturated carbocycles. The normalized spacial score (nSPS) is 42.0. The number of carbonyl (C=O) groups is 1. The summed E-state index contributed by atoms with van der Waals surface area (Å²) in [6.07, 6.45) is -5.03. The molecule has 0 radical (unpaired) electrons. The van der Waals surface area contributed by atoms with E-state index in [0.29, 0.717) is 12.0 Å². The van der Waals surface area contributed by atoms with Gasteiger partial charge in [0.25, 0.3) is 0 Å². The first-order chi connectivity index (χ1) is 10.8. The van der Waals surface area contributed by atoms with Crippen molar-refractivity contribution in [3.63, 3.8) is 0 Å². The number of hydrogen-bond donors (Lipinski definition) is 4. The molecule has 7 nitrogen and oxygen atoms in total. The number of hydrogen-bond acceptors (Lipinski definition) is 7. The third-order valence-corrected chi connectivity index (χ3v) is 4.72. The van der Waals surface area contributed by atoms with Crippen LogP contribution in [-0.2, 0) is 14.3 Å². The van der Waals surface area contributed by atoms with Crippen molar-refractivity contribution in [2.75, 3.05) is 6.61 Å². The average molecular weight is 330 g/mol. The van der Waals surface area contributed by atoms with Gasteiger partial charge in [-0.1, -0.05) is 19.9 Å². The van der Waals surface area contributed by atoms with E-state index >= 15 is 0 Å². The number of ether oxygens (including phenoxy) is 2. The molecule has 132 valence electrons. The number of aliphatic hydroxyl groups is 4. The van der Waals surface area contributed by atoms with Crippen LogP contribution >= 0.6 is 0 Å². The molecule has 5 unspecified atom stereocenters. The Morgan fingerprint density at radius 2 is 1.91 bits per heavy atom. The van der Waals surface area contributed by atoms with Crippen molar-refractivity contribution >= 4 is 5.78 Å². The molecule has 0 amide bonds. The number of rotatable bonds is 4. The maximum Gasteiger partial charge on any atom is 0.187 e. The van der Waals surface area contributed by atoms with Gasteiger partial charge in [-0.05, 0) is 30.8 Å². The number of aliphatic hydroxyl groups excluding tert-OH is 4. The van der Waals surface area contributed by atoms with Crippen LogP contribution in [0.5, 0.6) is 0 Å². The molecule has 23 heavy (non-hydrogen) atoms. The van der Waals surface area contributed by atoms with E-state index in [4.69, 9.17) is 9.47 Å². The summed E-state index contributed by atoms with van der Waals surface area (Å²) in [6.45, 7) is 5.14. The van der Waals surface area contributed by atoms with Crippen LogP contribution < -0.4 is 0 Å². The second kappa shape index (κ2) is 7.38. The van der Waals surface area contributed by atoms with E-state index in [9.17, 15) is 25.2 Å². The topological polar surface area (TPSA) is 116 Å². The molecule has 1 heterocycles. The third-order valence-electron chi connectivity index (χ3n) is 4.72. The minimum Gasteiger partial charge on any atom is -0.394 e. The Bertz CT molecular complexity index is 459. The fourth-order valence-electron chi connectivity index (χ4n) is 3.06. The number of allylic oxidation sites excluding steroid dienone is 1. The van der Waals surface area contributed by atoms with Crippen LogP contribution in [0.4, 0.5) is 0 Å². The van der Waals surface area contributed by atoms with Crippen LogP contribution in [0.25, 0.3) is 0 Å². The zero-order valence-corrected chi connectivity index (χ0v) is 13.6. The summed E-state index contributed by atoms with van der Waals surface area (Å²) in [5, 5.41) is 38.9. The zero-order chi connectivity index (χ0) is 17.3. The molecule has 2 rings (SSSR count). The van der Waals surface area contributed by atoms with Crippen molar-refractivity contribution in [3.8, 4) is 0 Å². The number of Topliss-reactive ketones (excluding diaryl/α,β-unsaturated/α-hetero) is 1. The summed E-state index contributed by atoms with van der Waals surface area (Å²) in [6, 6.07) is 0. The molecule has 0 spiro atoms. The van der Waals surface area contributed by atoms with Crippen molar-refractivity contribution in [1.82, 2.24) is 0 Å². The molecule has 7 atom stereocenters. The fourth-order valence-corrected chi connectivity index (χ4v) is 3.06. The Hall–Kier alpha value is -0.830.